The standard InChI is InChI=1S/C13H19ClN2/c1-10-6-12(7-15)9-16(10)8-11-2-4-13(14)5-3-11/h2-5,10,12H,6-9,15H2,1H3. The van der Waals surface area contributed by atoms with Crippen molar-refractivity contribution in [3.05, 3.63) is 34.9 Å². The average Bonchev–Trinajstić information content (AvgIpc) is 2.63. The van der Waals surface area contributed by atoms with Gasteiger partial charge in [0.15, 0.2) is 0 Å². The third kappa shape index (κ3) is 2.76. The highest BCUT2D eigenvalue weighted by molar-refractivity contribution is 6.30. The topological polar surface area (TPSA) is 29.3 Å². The van der Waals surface area contributed by atoms with Crippen molar-refractivity contribution in [1.82, 2.24) is 4.90 Å². The number of nitrogens with zero attached hydrogens (tertiary/aromatic N) is 1. The van der Waals surface area contributed by atoms with Gasteiger partial charge >= 0.3 is 0 Å². The Hall–Kier alpha value is -0.570. The van der Waals surface area contributed by atoms with Gasteiger partial charge in [-0.05, 0) is 43.5 Å². The average molecular weight is 239 g/mol. The Balaban J connectivity index is 1.97. The number of nitrogens with two attached hydrogens (primary N) is 1. The second-order valence-corrected chi connectivity index (χ2v) is 5.18. The summed E-state index contributed by atoms with van der Waals surface area (Å²) < 4.78 is 0. The van der Waals surface area contributed by atoms with E-state index in [1.807, 2.05) is 12.1 Å². The highest BCUT2D eigenvalue weighted by Crippen LogP contribution is 2.24. The Kier molecular flexibility index (Phi) is 3.85. The number of benzene rings is 1. The Labute approximate surface area is 102 Å². The van der Waals surface area contributed by atoms with Crippen molar-refractivity contribution >= 4 is 11.6 Å². The monoisotopic (exact) mass is 238 g/mol. The molecule has 1 aromatic rings. The van der Waals surface area contributed by atoms with Crippen LogP contribution in [0.3, 0.4) is 0 Å². The zero-order valence-corrected chi connectivity index (χ0v) is 10.5. The van der Waals surface area contributed by atoms with Crippen molar-refractivity contribution < 1.29 is 0 Å². The molecule has 0 amide bonds. The summed E-state index contributed by atoms with van der Waals surface area (Å²) in [7, 11) is 0. The molecular weight excluding hydrogens is 220 g/mol. The highest BCUT2D eigenvalue weighted by Gasteiger charge is 2.27. The van der Waals surface area contributed by atoms with E-state index in [9.17, 15) is 0 Å². The molecule has 16 heavy (non-hydrogen) atoms. The highest BCUT2D eigenvalue weighted by atomic mass is 35.5. The van der Waals surface area contributed by atoms with Gasteiger partial charge in [0.2, 0.25) is 0 Å². The minimum atomic E-state index is 0.643. The lowest BCUT2D eigenvalue weighted by molar-refractivity contribution is 0.256. The lowest BCUT2D eigenvalue weighted by Crippen LogP contribution is -2.27. The van der Waals surface area contributed by atoms with E-state index in [1.54, 1.807) is 0 Å². The van der Waals surface area contributed by atoms with Gasteiger partial charge in [-0.2, -0.15) is 0 Å². The molecule has 0 aliphatic carbocycles. The molecule has 0 saturated carbocycles. The summed E-state index contributed by atoms with van der Waals surface area (Å²) in [5, 5.41) is 0.804. The van der Waals surface area contributed by atoms with Gasteiger partial charge in [-0.1, -0.05) is 23.7 Å². The van der Waals surface area contributed by atoms with E-state index < -0.39 is 0 Å². The van der Waals surface area contributed by atoms with Gasteiger partial charge < -0.3 is 5.73 Å². The van der Waals surface area contributed by atoms with Gasteiger partial charge in [-0.3, -0.25) is 4.90 Å². The molecule has 0 bridgehead atoms. The van der Waals surface area contributed by atoms with E-state index in [1.165, 1.54) is 12.0 Å². The minimum absolute atomic E-state index is 0.643. The van der Waals surface area contributed by atoms with E-state index in [-0.39, 0.29) is 0 Å². The first-order valence-electron chi connectivity index (χ1n) is 5.87. The molecule has 2 nitrogen and oxygen atoms in total. The first kappa shape index (κ1) is 11.9. The zero-order chi connectivity index (χ0) is 11.5. The molecule has 0 aromatic heterocycles. The molecule has 0 spiro atoms. The number of hydrogen-bond donors (Lipinski definition) is 1. The molecule has 88 valence electrons. The fourth-order valence-corrected chi connectivity index (χ4v) is 2.56. The summed E-state index contributed by atoms with van der Waals surface area (Å²) in [6.45, 7) is 5.22. The molecule has 0 radical (unpaired) electrons. The number of likely N-dealkylation sites (tertiary alicyclic amines) is 1. The summed E-state index contributed by atoms with van der Waals surface area (Å²) in [5.41, 5.74) is 7.06. The summed E-state index contributed by atoms with van der Waals surface area (Å²) in [6.07, 6.45) is 1.23. The van der Waals surface area contributed by atoms with Gasteiger partial charge in [-0.25, -0.2) is 0 Å². The first-order chi connectivity index (χ1) is 7.69. The summed E-state index contributed by atoms with van der Waals surface area (Å²) in [4.78, 5) is 2.50. The number of halogens is 1. The van der Waals surface area contributed by atoms with E-state index in [2.05, 4.69) is 24.0 Å². The van der Waals surface area contributed by atoms with Crippen LogP contribution in [0, 0.1) is 5.92 Å². The van der Waals surface area contributed by atoms with Crippen LogP contribution in [0.4, 0.5) is 0 Å². The van der Waals surface area contributed by atoms with Crippen LogP contribution in [0.1, 0.15) is 18.9 Å². The fraction of sp³-hybridized carbons (Fsp3) is 0.538. The first-order valence-corrected chi connectivity index (χ1v) is 6.25. The van der Waals surface area contributed by atoms with Crippen LogP contribution in [0.15, 0.2) is 24.3 Å². The van der Waals surface area contributed by atoms with Gasteiger partial charge in [0.05, 0.1) is 0 Å². The SMILES string of the molecule is CC1CC(CN)CN1Cc1ccc(Cl)cc1. The molecule has 2 unspecified atom stereocenters. The van der Waals surface area contributed by atoms with Crippen molar-refractivity contribution in [2.75, 3.05) is 13.1 Å². The maximum absolute atomic E-state index is 5.87. The Morgan fingerprint density at radius 2 is 2.06 bits per heavy atom. The second-order valence-electron chi connectivity index (χ2n) is 4.74. The van der Waals surface area contributed by atoms with E-state index >= 15 is 0 Å². The van der Waals surface area contributed by atoms with Crippen LogP contribution >= 0.6 is 11.6 Å². The fourth-order valence-electron chi connectivity index (χ4n) is 2.43. The van der Waals surface area contributed by atoms with Gasteiger partial charge in [-0.15, -0.1) is 0 Å². The molecule has 3 heteroatoms. The van der Waals surface area contributed by atoms with Gasteiger partial charge in [0, 0.05) is 24.2 Å². The molecule has 2 atom stereocenters. The lowest BCUT2D eigenvalue weighted by atomic mass is 10.1. The van der Waals surface area contributed by atoms with E-state index in [0.29, 0.717) is 12.0 Å². The maximum Gasteiger partial charge on any atom is 0.0406 e. The van der Waals surface area contributed by atoms with Crippen LogP contribution < -0.4 is 5.73 Å². The largest absolute Gasteiger partial charge is 0.330 e. The maximum atomic E-state index is 5.87. The van der Waals surface area contributed by atoms with Gasteiger partial charge in [0.1, 0.15) is 0 Å². The molecule has 1 aliphatic rings. The molecule has 1 heterocycles. The van der Waals surface area contributed by atoms with Gasteiger partial charge in [0.25, 0.3) is 0 Å². The predicted octanol–water partition coefficient (Wildman–Crippen LogP) is 2.51. The van der Waals surface area contributed by atoms with Crippen molar-refractivity contribution in [3.63, 3.8) is 0 Å². The lowest BCUT2D eigenvalue weighted by Gasteiger charge is -2.21. The third-order valence-corrected chi connectivity index (χ3v) is 3.67. The Morgan fingerprint density at radius 3 is 2.62 bits per heavy atom. The predicted molar refractivity (Wildman–Crippen MR) is 68.5 cm³/mol. The summed E-state index contributed by atoms with van der Waals surface area (Å²) in [5.74, 6) is 0.669. The number of hydrogen-bond acceptors (Lipinski definition) is 2. The molecule has 2 N–H and O–H groups in total. The van der Waals surface area contributed by atoms with E-state index in [4.69, 9.17) is 17.3 Å². The van der Waals surface area contributed by atoms with Crippen molar-refractivity contribution in [2.45, 2.75) is 25.9 Å². The van der Waals surface area contributed by atoms with Crippen molar-refractivity contribution in [2.24, 2.45) is 11.7 Å². The van der Waals surface area contributed by atoms with Crippen LogP contribution in [-0.4, -0.2) is 24.0 Å². The molecule has 1 aromatic carbocycles. The molecule has 1 aliphatic heterocycles. The molecule has 1 saturated heterocycles. The summed E-state index contributed by atoms with van der Waals surface area (Å²) in [6, 6.07) is 8.76. The molecular formula is C13H19ClN2. The normalized spacial score (nSPS) is 26.2. The van der Waals surface area contributed by atoms with Crippen LogP contribution in [-0.2, 0) is 6.54 Å². The third-order valence-electron chi connectivity index (χ3n) is 3.42. The van der Waals surface area contributed by atoms with Crippen molar-refractivity contribution in [3.8, 4) is 0 Å². The smallest absolute Gasteiger partial charge is 0.0406 e. The zero-order valence-electron chi connectivity index (χ0n) is 9.70. The second kappa shape index (κ2) is 5.17. The molecule has 2 rings (SSSR count). The Morgan fingerprint density at radius 1 is 1.38 bits per heavy atom. The van der Waals surface area contributed by atoms with E-state index in [0.717, 1.165) is 24.7 Å². The van der Waals surface area contributed by atoms with Crippen LogP contribution in [0.2, 0.25) is 5.02 Å². The van der Waals surface area contributed by atoms with Crippen molar-refractivity contribution in [1.29, 1.82) is 0 Å². The minimum Gasteiger partial charge on any atom is -0.330 e. The summed E-state index contributed by atoms with van der Waals surface area (Å²) >= 11 is 5.87. The Bertz CT molecular complexity index is 336. The number of rotatable bonds is 3. The molecule has 1 fully saturated rings. The van der Waals surface area contributed by atoms with Crippen LogP contribution in [0.5, 0.6) is 0 Å². The quantitative estimate of drug-likeness (QED) is 0.877. The van der Waals surface area contributed by atoms with Crippen LogP contribution in [0.25, 0.3) is 0 Å².